The molecule has 0 radical (unpaired) electrons. The Morgan fingerprint density at radius 3 is 2.04 bits per heavy atom. The Balaban J connectivity index is 2.22. The summed E-state index contributed by atoms with van der Waals surface area (Å²) < 4.78 is 15.6. The lowest BCUT2D eigenvalue weighted by molar-refractivity contribution is -0.341. The van der Waals surface area contributed by atoms with Crippen LogP contribution in [-0.2, 0) is 19.0 Å². The van der Waals surface area contributed by atoms with Crippen molar-refractivity contribution in [3.63, 3.8) is 0 Å². The highest BCUT2D eigenvalue weighted by molar-refractivity contribution is 5.73. The fourth-order valence-corrected chi connectivity index (χ4v) is 2.97. The second kappa shape index (κ2) is 8.84. The van der Waals surface area contributed by atoms with Gasteiger partial charge in [0.05, 0.1) is 13.2 Å². The first-order valence-electron chi connectivity index (χ1n) is 8.06. The number of nitrogens with one attached hydrogen (secondary N) is 1. The van der Waals surface area contributed by atoms with Gasteiger partial charge in [-0.05, 0) is 0 Å². The first-order chi connectivity index (χ1) is 12.2. The smallest absolute Gasteiger partial charge is 0.217 e. The summed E-state index contributed by atoms with van der Waals surface area (Å²) in [4.78, 5) is 11.4. The maximum Gasteiger partial charge on any atom is 0.217 e. The molecule has 8 N–H and O–H groups in total. The van der Waals surface area contributed by atoms with Crippen LogP contribution in [0.1, 0.15) is 6.92 Å². The van der Waals surface area contributed by atoms with E-state index in [-0.39, 0.29) is 0 Å². The van der Waals surface area contributed by atoms with Gasteiger partial charge in [-0.15, -0.1) is 0 Å². The quantitative estimate of drug-likeness (QED) is 0.226. The van der Waals surface area contributed by atoms with Crippen LogP contribution < -0.4 is 5.32 Å². The zero-order chi connectivity index (χ0) is 19.6. The van der Waals surface area contributed by atoms with Gasteiger partial charge in [-0.1, -0.05) is 0 Å². The van der Waals surface area contributed by atoms with Crippen LogP contribution in [0.2, 0.25) is 0 Å². The first-order valence-corrected chi connectivity index (χ1v) is 8.06. The van der Waals surface area contributed by atoms with Gasteiger partial charge in [-0.25, -0.2) is 0 Å². The average molecular weight is 383 g/mol. The van der Waals surface area contributed by atoms with E-state index in [1.165, 1.54) is 0 Å². The molecule has 0 spiro atoms. The number of hydrogen-bond donors (Lipinski definition) is 8. The average Bonchev–Trinajstić information content (AvgIpc) is 2.60. The third-order valence-corrected chi connectivity index (χ3v) is 4.38. The van der Waals surface area contributed by atoms with Crippen molar-refractivity contribution in [1.82, 2.24) is 5.32 Å². The SMILES string of the molecule is CC(=O)N[C@H]1[C@H](O[C@@H]2[C@@H](O)[C@H](O)OC(CO)[C@@H]2O)OC(CO)[C@@H](O)[C@@H]1O. The van der Waals surface area contributed by atoms with Gasteiger partial charge in [-0.2, -0.15) is 0 Å². The lowest BCUT2D eigenvalue weighted by atomic mass is 9.95. The molecule has 2 unspecified atom stereocenters. The van der Waals surface area contributed by atoms with E-state index < -0.39 is 80.5 Å². The molecule has 152 valence electrons. The van der Waals surface area contributed by atoms with E-state index >= 15 is 0 Å². The molecular weight excluding hydrogens is 358 g/mol. The third-order valence-electron chi connectivity index (χ3n) is 4.38. The Morgan fingerprint density at radius 1 is 0.923 bits per heavy atom. The van der Waals surface area contributed by atoms with Gasteiger partial charge < -0.3 is 55.3 Å². The zero-order valence-corrected chi connectivity index (χ0v) is 14.0. The van der Waals surface area contributed by atoms with Crippen LogP contribution in [0.4, 0.5) is 0 Å². The molecule has 10 atom stereocenters. The van der Waals surface area contributed by atoms with E-state index in [2.05, 4.69) is 5.32 Å². The molecule has 0 saturated carbocycles. The summed E-state index contributed by atoms with van der Waals surface area (Å²) in [7, 11) is 0. The van der Waals surface area contributed by atoms with Crippen molar-refractivity contribution in [2.75, 3.05) is 13.2 Å². The van der Waals surface area contributed by atoms with Gasteiger partial charge in [0.15, 0.2) is 12.6 Å². The second-order valence-corrected chi connectivity index (χ2v) is 6.26. The summed E-state index contributed by atoms with van der Waals surface area (Å²) in [5.74, 6) is -0.581. The minimum Gasteiger partial charge on any atom is -0.394 e. The number of ether oxygens (including phenoxy) is 3. The molecule has 1 amide bonds. The van der Waals surface area contributed by atoms with Gasteiger partial charge in [-0.3, -0.25) is 4.79 Å². The fourth-order valence-electron chi connectivity index (χ4n) is 2.97. The maximum atomic E-state index is 11.4. The summed E-state index contributed by atoms with van der Waals surface area (Å²) in [5.41, 5.74) is 0. The Morgan fingerprint density at radius 2 is 1.50 bits per heavy atom. The molecule has 0 aliphatic carbocycles. The third kappa shape index (κ3) is 4.31. The Bertz CT molecular complexity index is 480. The van der Waals surface area contributed by atoms with E-state index in [4.69, 9.17) is 14.2 Å². The molecule has 12 heteroatoms. The summed E-state index contributed by atoms with van der Waals surface area (Å²) in [5, 5.41) is 70.8. The summed E-state index contributed by atoms with van der Waals surface area (Å²) >= 11 is 0. The van der Waals surface area contributed by atoms with Gasteiger partial charge >= 0.3 is 0 Å². The van der Waals surface area contributed by atoms with Crippen molar-refractivity contribution in [3.05, 3.63) is 0 Å². The molecule has 2 aliphatic rings. The van der Waals surface area contributed by atoms with E-state index in [9.17, 15) is 40.5 Å². The number of carbonyl (C=O) groups excluding carboxylic acids is 1. The predicted octanol–water partition coefficient (Wildman–Crippen LogP) is -5.25. The van der Waals surface area contributed by atoms with Crippen LogP contribution in [0, 0.1) is 0 Å². The van der Waals surface area contributed by atoms with Crippen LogP contribution in [0.3, 0.4) is 0 Å². The lowest BCUT2D eigenvalue weighted by Gasteiger charge is -2.46. The fraction of sp³-hybridized carbons (Fsp3) is 0.929. The molecule has 12 nitrogen and oxygen atoms in total. The normalized spacial score (nSPS) is 46.8. The minimum absolute atomic E-state index is 0.581. The van der Waals surface area contributed by atoms with E-state index in [1.807, 2.05) is 0 Å². The summed E-state index contributed by atoms with van der Waals surface area (Å²) in [6, 6.07) is -1.29. The van der Waals surface area contributed by atoms with Crippen molar-refractivity contribution < 1.29 is 54.8 Å². The van der Waals surface area contributed by atoms with Crippen molar-refractivity contribution in [3.8, 4) is 0 Å². The first kappa shape index (κ1) is 21.4. The number of amides is 1. The molecule has 0 aromatic rings. The summed E-state index contributed by atoms with van der Waals surface area (Å²) in [6.07, 6.45) is -13.7. The highest BCUT2D eigenvalue weighted by atomic mass is 16.7. The second-order valence-electron chi connectivity index (χ2n) is 6.26. The molecule has 0 bridgehead atoms. The molecule has 0 aromatic carbocycles. The van der Waals surface area contributed by atoms with Crippen molar-refractivity contribution in [1.29, 1.82) is 0 Å². The van der Waals surface area contributed by atoms with Gasteiger partial charge in [0, 0.05) is 6.92 Å². The van der Waals surface area contributed by atoms with Crippen molar-refractivity contribution in [2.45, 2.75) is 68.3 Å². The van der Waals surface area contributed by atoms with Crippen LogP contribution >= 0.6 is 0 Å². The van der Waals surface area contributed by atoms with E-state index in [0.29, 0.717) is 0 Å². The molecule has 2 heterocycles. The van der Waals surface area contributed by atoms with Crippen LogP contribution in [0.25, 0.3) is 0 Å². The molecule has 2 aliphatic heterocycles. The molecular formula is C14H25NO11. The number of aliphatic hydroxyl groups excluding tert-OH is 7. The lowest BCUT2D eigenvalue weighted by Crippen LogP contribution is -2.67. The Kier molecular flexibility index (Phi) is 7.27. The van der Waals surface area contributed by atoms with Gasteiger partial charge in [0.1, 0.15) is 48.8 Å². The molecule has 0 aromatic heterocycles. The highest BCUT2D eigenvalue weighted by Crippen LogP contribution is 2.28. The monoisotopic (exact) mass is 383 g/mol. The molecule has 2 fully saturated rings. The zero-order valence-electron chi connectivity index (χ0n) is 14.0. The topological polar surface area (TPSA) is 198 Å². The van der Waals surface area contributed by atoms with Crippen LogP contribution in [0.5, 0.6) is 0 Å². The molecule has 26 heavy (non-hydrogen) atoms. The van der Waals surface area contributed by atoms with Gasteiger partial charge in [0.2, 0.25) is 5.91 Å². The van der Waals surface area contributed by atoms with Crippen molar-refractivity contribution in [2.24, 2.45) is 0 Å². The Labute approximate surface area is 148 Å². The number of hydrogen-bond acceptors (Lipinski definition) is 11. The molecule has 2 rings (SSSR count). The number of carbonyl (C=O) groups is 1. The standard InChI is InChI=1S/C14H25NO11/c1-4(18)15-7-10(21)8(19)5(2-16)25-14(7)26-12-9(20)6(3-17)24-13(23)11(12)22/h5-14,16-17,19-23H,2-3H2,1H3,(H,15,18)/t5?,6?,7-,8-,9+,10-,11-,12+,13-,14+/m1/s1. The molecule has 2 saturated heterocycles. The highest BCUT2D eigenvalue weighted by Gasteiger charge is 2.50. The van der Waals surface area contributed by atoms with Crippen LogP contribution in [-0.4, -0.2) is 116 Å². The van der Waals surface area contributed by atoms with Crippen molar-refractivity contribution >= 4 is 5.91 Å². The minimum atomic E-state index is -1.77. The Hall–Kier alpha value is -0.930. The van der Waals surface area contributed by atoms with Crippen LogP contribution in [0.15, 0.2) is 0 Å². The number of rotatable bonds is 5. The van der Waals surface area contributed by atoms with E-state index in [1.54, 1.807) is 0 Å². The predicted molar refractivity (Wildman–Crippen MR) is 80.2 cm³/mol. The number of aliphatic hydroxyl groups is 7. The largest absolute Gasteiger partial charge is 0.394 e. The summed E-state index contributed by atoms with van der Waals surface area (Å²) in [6.45, 7) is -0.199. The maximum absolute atomic E-state index is 11.4. The van der Waals surface area contributed by atoms with Gasteiger partial charge in [0.25, 0.3) is 0 Å². The van der Waals surface area contributed by atoms with E-state index in [0.717, 1.165) is 6.92 Å².